The van der Waals surface area contributed by atoms with E-state index >= 15 is 0 Å². The number of carbonyl (C=O) groups excluding carboxylic acids is 1. The van der Waals surface area contributed by atoms with Crippen LogP contribution in [0.2, 0.25) is 0 Å². The topological polar surface area (TPSA) is 63.1 Å². The molecule has 1 amide bonds. The third kappa shape index (κ3) is 4.17. The predicted molar refractivity (Wildman–Crippen MR) is 82.2 cm³/mol. The first kappa shape index (κ1) is 16.2. The average Bonchev–Trinajstić information content (AvgIpc) is 3.18. The molecule has 2 aliphatic heterocycles. The highest BCUT2D eigenvalue weighted by molar-refractivity contribution is 5.85. The molecule has 2 fully saturated rings. The average molecular weight is 314 g/mol. The molecule has 0 saturated carbocycles. The van der Waals surface area contributed by atoms with Gasteiger partial charge in [-0.1, -0.05) is 0 Å². The van der Waals surface area contributed by atoms with Crippen LogP contribution in [-0.2, 0) is 11.3 Å². The summed E-state index contributed by atoms with van der Waals surface area (Å²) in [6.07, 6.45) is 8.59. The van der Waals surface area contributed by atoms with E-state index in [1.165, 1.54) is 25.7 Å². The summed E-state index contributed by atoms with van der Waals surface area (Å²) >= 11 is 0. The number of aromatic nitrogens is 3. The summed E-state index contributed by atoms with van der Waals surface area (Å²) in [7, 11) is 0. The zero-order chi connectivity index (χ0) is 13.8. The number of hydrogen-bond donors (Lipinski definition) is 1. The number of likely N-dealkylation sites (tertiary alicyclic amines) is 1. The highest BCUT2D eigenvalue weighted by Gasteiger charge is 2.29. The van der Waals surface area contributed by atoms with E-state index in [2.05, 4.69) is 15.4 Å². The Kier molecular flexibility index (Phi) is 5.99. The summed E-state index contributed by atoms with van der Waals surface area (Å²) in [5, 5.41) is 7.62. The SMILES string of the molecule is Cl.O=C(CCn1cncn1)N1CCC(C2CCCN2)CC1. The molecule has 2 saturated heterocycles. The second kappa shape index (κ2) is 7.75. The van der Waals surface area contributed by atoms with Crippen molar-refractivity contribution in [3.63, 3.8) is 0 Å². The molecule has 1 N–H and O–H groups in total. The van der Waals surface area contributed by atoms with Gasteiger partial charge in [0.05, 0.1) is 6.54 Å². The smallest absolute Gasteiger partial charge is 0.224 e. The number of piperidine rings is 1. The third-order valence-electron chi connectivity index (χ3n) is 4.58. The molecule has 1 aromatic rings. The summed E-state index contributed by atoms with van der Waals surface area (Å²) < 4.78 is 1.72. The van der Waals surface area contributed by atoms with Crippen LogP contribution in [0.5, 0.6) is 0 Å². The molecule has 0 radical (unpaired) electrons. The number of nitrogens with zero attached hydrogens (tertiary/aromatic N) is 4. The van der Waals surface area contributed by atoms with Gasteiger partial charge in [-0.2, -0.15) is 5.10 Å². The van der Waals surface area contributed by atoms with Crippen molar-refractivity contribution in [2.24, 2.45) is 5.92 Å². The minimum Gasteiger partial charge on any atom is -0.343 e. The second-order valence-electron chi connectivity index (χ2n) is 5.83. The van der Waals surface area contributed by atoms with Crippen molar-refractivity contribution in [2.45, 2.75) is 44.7 Å². The van der Waals surface area contributed by atoms with E-state index in [0.717, 1.165) is 31.8 Å². The van der Waals surface area contributed by atoms with Gasteiger partial charge in [-0.05, 0) is 38.1 Å². The Hall–Kier alpha value is -1.14. The summed E-state index contributed by atoms with van der Waals surface area (Å²) in [4.78, 5) is 18.1. The van der Waals surface area contributed by atoms with Crippen LogP contribution in [0.25, 0.3) is 0 Å². The molecule has 0 spiro atoms. The van der Waals surface area contributed by atoms with E-state index in [1.807, 2.05) is 4.90 Å². The highest BCUT2D eigenvalue weighted by atomic mass is 35.5. The van der Waals surface area contributed by atoms with Gasteiger partial charge >= 0.3 is 0 Å². The lowest BCUT2D eigenvalue weighted by atomic mass is 9.88. The maximum absolute atomic E-state index is 12.2. The third-order valence-corrected chi connectivity index (χ3v) is 4.58. The Labute approximate surface area is 131 Å². The normalized spacial score (nSPS) is 23.0. The molecule has 1 atom stereocenters. The number of carbonyl (C=O) groups is 1. The van der Waals surface area contributed by atoms with E-state index in [4.69, 9.17) is 0 Å². The fourth-order valence-corrected chi connectivity index (χ4v) is 3.38. The lowest BCUT2D eigenvalue weighted by Gasteiger charge is -2.35. The van der Waals surface area contributed by atoms with Crippen LogP contribution in [0.15, 0.2) is 12.7 Å². The highest BCUT2D eigenvalue weighted by Crippen LogP contribution is 2.25. The van der Waals surface area contributed by atoms with Crippen molar-refractivity contribution in [3.8, 4) is 0 Å². The monoisotopic (exact) mass is 313 g/mol. The molecule has 2 aliphatic rings. The van der Waals surface area contributed by atoms with Crippen LogP contribution in [0.3, 0.4) is 0 Å². The van der Waals surface area contributed by atoms with E-state index in [9.17, 15) is 4.79 Å². The lowest BCUT2D eigenvalue weighted by Crippen LogP contribution is -2.43. The summed E-state index contributed by atoms with van der Waals surface area (Å²) in [5.74, 6) is 1.01. The van der Waals surface area contributed by atoms with Gasteiger partial charge in [0.2, 0.25) is 5.91 Å². The maximum Gasteiger partial charge on any atom is 0.224 e. The van der Waals surface area contributed by atoms with E-state index in [0.29, 0.717) is 19.0 Å². The number of aryl methyl sites for hydroxylation is 1. The molecule has 0 bridgehead atoms. The van der Waals surface area contributed by atoms with E-state index in [-0.39, 0.29) is 18.3 Å². The largest absolute Gasteiger partial charge is 0.343 e. The van der Waals surface area contributed by atoms with Gasteiger partial charge in [-0.15, -0.1) is 12.4 Å². The standard InChI is InChI=1S/C14H23N5O.ClH/c20-14(5-9-19-11-15-10-17-19)18-7-3-12(4-8-18)13-2-1-6-16-13;/h10-13,16H,1-9H2;1H. The van der Waals surface area contributed by atoms with Gasteiger partial charge in [0.15, 0.2) is 0 Å². The van der Waals surface area contributed by atoms with Crippen LogP contribution in [0.1, 0.15) is 32.1 Å². The van der Waals surface area contributed by atoms with Gasteiger partial charge in [0, 0.05) is 25.6 Å². The fraction of sp³-hybridized carbons (Fsp3) is 0.786. The van der Waals surface area contributed by atoms with Crippen LogP contribution < -0.4 is 5.32 Å². The van der Waals surface area contributed by atoms with Crippen LogP contribution in [0.4, 0.5) is 0 Å². The fourth-order valence-electron chi connectivity index (χ4n) is 3.38. The molecule has 0 aromatic carbocycles. The van der Waals surface area contributed by atoms with Crippen molar-refractivity contribution >= 4 is 18.3 Å². The predicted octanol–water partition coefficient (Wildman–Crippen LogP) is 1.08. The Bertz CT molecular complexity index is 425. The molecule has 21 heavy (non-hydrogen) atoms. The maximum atomic E-state index is 12.2. The van der Waals surface area contributed by atoms with Crippen molar-refractivity contribution in [3.05, 3.63) is 12.7 Å². The Morgan fingerprint density at radius 1 is 1.29 bits per heavy atom. The molecule has 3 rings (SSSR count). The molecule has 1 unspecified atom stereocenters. The van der Waals surface area contributed by atoms with E-state index in [1.54, 1.807) is 11.0 Å². The Morgan fingerprint density at radius 3 is 2.71 bits per heavy atom. The molecule has 7 heteroatoms. The first-order chi connectivity index (χ1) is 9.83. The minimum atomic E-state index is 0. The quantitative estimate of drug-likeness (QED) is 0.903. The number of hydrogen-bond acceptors (Lipinski definition) is 4. The van der Waals surface area contributed by atoms with Crippen LogP contribution in [0, 0.1) is 5.92 Å². The number of rotatable bonds is 4. The summed E-state index contributed by atoms with van der Waals surface area (Å²) in [5.41, 5.74) is 0. The second-order valence-corrected chi connectivity index (χ2v) is 5.83. The number of halogens is 1. The Balaban J connectivity index is 0.00000161. The zero-order valence-corrected chi connectivity index (χ0v) is 13.1. The van der Waals surface area contributed by atoms with Crippen LogP contribution >= 0.6 is 12.4 Å². The first-order valence-corrected chi connectivity index (χ1v) is 7.66. The first-order valence-electron chi connectivity index (χ1n) is 7.66. The van der Waals surface area contributed by atoms with E-state index < -0.39 is 0 Å². The molecule has 118 valence electrons. The van der Waals surface area contributed by atoms with Gasteiger partial charge in [0.1, 0.15) is 12.7 Å². The lowest BCUT2D eigenvalue weighted by molar-refractivity contribution is -0.133. The molecule has 0 aliphatic carbocycles. The molecular formula is C14H24ClN5O. The summed E-state index contributed by atoms with van der Waals surface area (Å²) in [6, 6.07) is 0.697. The van der Waals surface area contributed by atoms with Crippen molar-refractivity contribution in [1.82, 2.24) is 25.0 Å². The summed E-state index contributed by atoms with van der Waals surface area (Å²) in [6.45, 7) is 3.63. The molecule has 3 heterocycles. The molecule has 6 nitrogen and oxygen atoms in total. The number of nitrogens with one attached hydrogen (secondary N) is 1. The van der Waals surface area contributed by atoms with Gasteiger partial charge < -0.3 is 10.2 Å². The minimum absolute atomic E-state index is 0. The zero-order valence-electron chi connectivity index (χ0n) is 12.3. The Morgan fingerprint density at radius 2 is 2.10 bits per heavy atom. The van der Waals surface area contributed by atoms with Crippen molar-refractivity contribution in [1.29, 1.82) is 0 Å². The van der Waals surface area contributed by atoms with Gasteiger partial charge in [-0.3, -0.25) is 9.48 Å². The number of amides is 1. The van der Waals surface area contributed by atoms with Gasteiger partial charge in [0.25, 0.3) is 0 Å². The van der Waals surface area contributed by atoms with Gasteiger partial charge in [-0.25, -0.2) is 4.98 Å². The van der Waals surface area contributed by atoms with Crippen LogP contribution in [-0.4, -0.2) is 51.2 Å². The van der Waals surface area contributed by atoms with Crippen molar-refractivity contribution < 1.29 is 4.79 Å². The molecular weight excluding hydrogens is 290 g/mol. The molecule has 1 aromatic heterocycles. The van der Waals surface area contributed by atoms with Crippen molar-refractivity contribution in [2.75, 3.05) is 19.6 Å².